The minimum atomic E-state index is -0.406. The second kappa shape index (κ2) is 5.05. The summed E-state index contributed by atoms with van der Waals surface area (Å²) in [7, 11) is 0. The summed E-state index contributed by atoms with van der Waals surface area (Å²) in [5.41, 5.74) is 5.40. The van der Waals surface area contributed by atoms with Crippen LogP contribution in [0.3, 0.4) is 0 Å². The normalized spacial score (nSPS) is 11.2. The van der Waals surface area contributed by atoms with Crippen LogP contribution in [0.5, 0.6) is 5.75 Å². The van der Waals surface area contributed by atoms with Crippen molar-refractivity contribution in [2.45, 2.75) is 13.8 Å². The van der Waals surface area contributed by atoms with Crippen molar-refractivity contribution in [3.63, 3.8) is 0 Å². The van der Waals surface area contributed by atoms with Crippen LogP contribution < -0.4 is 11.1 Å². The fraction of sp³-hybridized carbons (Fsp3) is 0.417. The van der Waals surface area contributed by atoms with E-state index in [-0.39, 0.29) is 23.6 Å². The lowest BCUT2D eigenvalue weighted by Gasteiger charge is -2.22. The van der Waals surface area contributed by atoms with Crippen molar-refractivity contribution in [3.8, 4) is 5.75 Å². The summed E-state index contributed by atoms with van der Waals surface area (Å²) in [6.45, 7) is 3.94. The maximum Gasteiger partial charge on any atom is 0.255 e. The molecule has 5 N–H and O–H groups in total. The summed E-state index contributed by atoms with van der Waals surface area (Å²) < 4.78 is 0. The SMILES string of the molecule is CC(C)(CO)CNC(=O)c1cccc(N)c1O. The van der Waals surface area contributed by atoms with Crippen LogP contribution in [0.25, 0.3) is 0 Å². The molecule has 0 aliphatic rings. The van der Waals surface area contributed by atoms with Gasteiger partial charge in [-0.25, -0.2) is 0 Å². The molecular formula is C12H18N2O3. The Morgan fingerprint density at radius 1 is 1.47 bits per heavy atom. The first-order chi connectivity index (χ1) is 7.87. The van der Waals surface area contributed by atoms with Gasteiger partial charge in [0.1, 0.15) is 0 Å². The zero-order chi connectivity index (χ0) is 13.1. The Morgan fingerprint density at radius 3 is 2.71 bits per heavy atom. The van der Waals surface area contributed by atoms with Gasteiger partial charge < -0.3 is 21.3 Å². The molecule has 0 aliphatic heterocycles. The van der Waals surface area contributed by atoms with Gasteiger partial charge in [0.2, 0.25) is 0 Å². The predicted molar refractivity (Wildman–Crippen MR) is 65.7 cm³/mol. The number of benzene rings is 1. The van der Waals surface area contributed by atoms with Crippen molar-refractivity contribution in [1.82, 2.24) is 5.32 Å². The summed E-state index contributed by atoms with van der Waals surface area (Å²) in [6.07, 6.45) is 0. The van der Waals surface area contributed by atoms with Crippen LogP contribution in [-0.2, 0) is 0 Å². The zero-order valence-electron chi connectivity index (χ0n) is 10.0. The molecule has 94 valence electrons. The van der Waals surface area contributed by atoms with Crippen LogP contribution in [0.2, 0.25) is 0 Å². The van der Waals surface area contributed by atoms with Crippen LogP contribution >= 0.6 is 0 Å². The molecule has 0 atom stereocenters. The number of anilines is 1. The Balaban J connectivity index is 2.74. The van der Waals surface area contributed by atoms with E-state index in [1.54, 1.807) is 6.07 Å². The highest BCUT2D eigenvalue weighted by atomic mass is 16.3. The first-order valence-corrected chi connectivity index (χ1v) is 5.34. The standard InChI is InChI=1S/C12H18N2O3/c1-12(2,7-15)6-14-11(17)8-4-3-5-9(13)10(8)16/h3-5,15-16H,6-7,13H2,1-2H3,(H,14,17). The van der Waals surface area contributed by atoms with E-state index < -0.39 is 11.3 Å². The highest BCUT2D eigenvalue weighted by molar-refractivity contribution is 5.98. The van der Waals surface area contributed by atoms with Crippen LogP contribution in [0.1, 0.15) is 24.2 Å². The number of aliphatic hydroxyl groups is 1. The quantitative estimate of drug-likeness (QED) is 0.459. The van der Waals surface area contributed by atoms with Gasteiger partial charge >= 0.3 is 0 Å². The lowest BCUT2D eigenvalue weighted by Crippen LogP contribution is -2.36. The number of carbonyl (C=O) groups is 1. The fourth-order valence-electron chi connectivity index (χ4n) is 1.22. The van der Waals surface area contributed by atoms with Gasteiger partial charge in [0.05, 0.1) is 11.3 Å². The highest BCUT2D eigenvalue weighted by Crippen LogP contribution is 2.24. The number of nitrogens with two attached hydrogens (primary N) is 1. The molecule has 0 aromatic heterocycles. The lowest BCUT2D eigenvalue weighted by molar-refractivity contribution is 0.0908. The molecule has 0 heterocycles. The van der Waals surface area contributed by atoms with Gasteiger partial charge in [0.25, 0.3) is 5.91 Å². The molecule has 1 aromatic rings. The van der Waals surface area contributed by atoms with E-state index in [2.05, 4.69) is 5.32 Å². The van der Waals surface area contributed by atoms with E-state index in [1.165, 1.54) is 12.1 Å². The molecular weight excluding hydrogens is 220 g/mol. The molecule has 5 nitrogen and oxygen atoms in total. The molecule has 0 spiro atoms. The van der Waals surface area contributed by atoms with Crippen molar-refractivity contribution in [2.24, 2.45) is 5.41 Å². The second-order valence-corrected chi connectivity index (χ2v) is 4.75. The summed E-state index contributed by atoms with van der Waals surface area (Å²) in [4.78, 5) is 11.8. The third-order valence-corrected chi connectivity index (χ3v) is 2.47. The van der Waals surface area contributed by atoms with Crippen molar-refractivity contribution >= 4 is 11.6 Å². The lowest BCUT2D eigenvalue weighted by atomic mass is 9.95. The molecule has 0 saturated carbocycles. The van der Waals surface area contributed by atoms with Gasteiger partial charge in [-0.1, -0.05) is 19.9 Å². The highest BCUT2D eigenvalue weighted by Gasteiger charge is 2.19. The van der Waals surface area contributed by atoms with Crippen molar-refractivity contribution in [2.75, 3.05) is 18.9 Å². The van der Waals surface area contributed by atoms with Crippen LogP contribution in [0.15, 0.2) is 18.2 Å². The number of phenolic OH excluding ortho intramolecular Hbond substituents is 1. The van der Waals surface area contributed by atoms with Gasteiger partial charge in [-0.2, -0.15) is 0 Å². The van der Waals surface area contributed by atoms with E-state index >= 15 is 0 Å². The number of rotatable bonds is 4. The number of nitrogen functional groups attached to an aromatic ring is 1. The fourth-order valence-corrected chi connectivity index (χ4v) is 1.22. The average molecular weight is 238 g/mol. The topological polar surface area (TPSA) is 95.6 Å². The van der Waals surface area contributed by atoms with E-state index in [1.807, 2.05) is 13.8 Å². The number of aliphatic hydroxyl groups excluding tert-OH is 1. The number of phenols is 1. The van der Waals surface area contributed by atoms with Crippen LogP contribution in [-0.4, -0.2) is 29.3 Å². The van der Waals surface area contributed by atoms with Gasteiger partial charge in [-0.3, -0.25) is 4.79 Å². The van der Waals surface area contributed by atoms with Crippen LogP contribution in [0.4, 0.5) is 5.69 Å². The number of hydrogen-bond acceptors (Lipinski definition) is 4. The molecule has 0 saturated heterocycles. The third kappa shape index (κ3) is 3.35. The van der Waals surface area contributed by atoms with E-state index in [9.17, 15) is 9.90 Å². The van der Waals surface area contributed by atoms with Crippen molar-refractivity contribution in [3.05, 3.63) is 23.8 Å². The Labute approximate surface area is 100 Å². The van der Waals surface area contributed by atoms with E-state index in [0.717, 1.165) is 0 Å². The number of nitrogens with one attached hydrogen (secondary N) is 1. The average Bonchev–Trinajstić information content (AvgIpc) is 2.30. The minimum Gasteiger partial charge on any atom is -0.505 e. The predicted octanol–water partition coefficient (Wildman–Crippen LogP) is 0.723. The maximum atomic E-state index is 11.8. The molecule has 17 heavy (non-hydrogen) atoms. The second-order valence-electron chi connectivity index (χ2n) is 4.75. The monoisotopic (exact) mass is 238 g/mol. The number of aromatic hydroxyl groups is 1. The number of para-hydroxylation sites is 1. The molecule has 0 unspecified atom stereocenters. The third-order valence-electron chi connectivity index (χ3n) is 2.47. The first kappa shape index (κ1) is 13.3. The van der Waals surface area contributed by atoms with Gasteiger partial charge in [0, 0.05) is 18.6 Å². The molecule has 0 aliphatic carbocycles. The molecule has 1 amide bonds. The Bertz CT molecular complexity index is 416. The molecule has 0 radical (unpaired) electrons. The molecule has 5 heteroatoms. The summed E-state index contributed by atoms with van der Waals surface area (Å²) in [5.74, 6) is -0.622. The molecule has 0 bridgehead atoms. The van der Waals surface area contributed by atoms with Gasteiger partial charge in [-0.15, -0.1) is 0 Å². The number of amides is 1. The van der Waals surface area contributed by atoms with Crippen molar-refractivity contribution in [1.29, 1.82) is 0 Å². The van der Waals surface area contributed by atoms with Gasteiger partial charge in [0.15, 0.2) is 5.75 Å². The summed E-state index contributed by atoms with van der Waals surface area (Å²) >= 11 is 0. The zero-order valence-corrected chi connectivity index (χ0v) is 10.0. The summed E-state index contributed by atoms with van der Waals surface area (Å²) in [5, 5.41) is 21.3. The van der Waals surface area contributed by atoms with E-state index in [0.29, 0.717) is 6.54 Å². The molecule has 1 aromatic carbocycles. The Kier molecular flexibility index (Phi) is 3.96. The molecule has 0 fully saturated rings. The number of carbonyl (C=O) groups excluding carboxylic acids is 1. The number of hydrogen-bond donors (Lipinski definition) is 4. The summed E-state index contributed by atoms with van der Waals surface area (Å²) in [6, 6.07) is 4.61. The Hall–Kier alpha value is -1.75. The smallest absolute Gasteiger partial charge is 0.255 e. The largest absolute Gasteiger partial charge is 0.505 e. The minimum absolute atomic E-state index is 0.0316. The van der Waals surface area contributed by atoms with E-state index in [4.69, 9.17) is 10.8 Å². The van der Waals surface area contributed by atoms with Crippen molar-refractivity contribution < 1.29 is 15.0 Å². The molecule has 1 rings (SSSR count). The first-order valence-electron chi connectivity index (χ1n) is 5.34. The van der Waals surface area contributed by atoms with Gasteiger partial charge in [-0.05, 0) is 12.1 Å². The maximum absolute atomic E-state index is 11.8. The Morgan fingerprint density at radius 2 is 2.12 bits per heavy atom. The van der Waals surface area contributed by atoms with Crippen LogP contribution in [0, 0.1) is 5.41 Å².